The van der Waals surface area contributed by atoms with Crippen LogP contribution in [0.1, 0.15) is 20.8 Å². The van der Waals surface area contributed by atoms with Crippen molar-refractivity contribution in [1.29, 1.82) is 0 Å². The van der Waals surface area contributed by atoms with Crippen LogP contribution in [0.15, 0.2) is 54.7 Å². The number of aromatic nitrogens is 3. The fraction of sp³-hybridized carbons (Fsp3) is 0.111. The second-order valence-corrected chi connectivity index (χ2v) is 5.36. The van der Waals surface area contributed by atoms with Gasteiger partial charge < -0.3 is 9.47 Å². The number of benzene rings is 2. The summed E-state index contributed by atoms with van der Waals surface area (Å²) in [5.41, 5.74) is 5.74. The molecule has 3 rings (SSSR count). The maximum absolute atomic E-state index is 12.2. The lowest BCUT2D eigenvalue weighted by atomic mass is 10.2. The standard InChI is InChI=1S/C18H17N5O4/c1-26-15-9-8-12(10-16(15)27-2)17(24)20-21-18(25)14-11-23(22-19-14)13-6-4-3-5-7-13/h3-11H,1-2H3,(H,20,24)(H,21,25). The van der Waals surface area contributed by atoms with Gasteiger partial charge in [0.1, 0.15) is 0 Å². The predicted octanol–water partition coefficient (Wildman–Crippen LogP) is 1.36. The van der Waals surface area contributed by atoms with Crippen LogP contribution in [-0.2, 0) is 0 Å². The number of ether oxygens (including phenoxy) is 2. The number of amides is 2. The molecular weight excluding hydrogens is 350 g/mol. The summed E-state index contributed by atoms with van der Waals surface area (Å²) in [6.45, 7) is 0. The molecule has 0 aliphatic carbocycles. The highest BCUT2D eigenvalue weighted by molar-refractivity contribution is 5.98. The van der Waals surface area contributed by atoms with E-state index in [0.29, 0.717) is 17.1 Å². The lowest BCUT2D eigenvalue weighted by Gasteiger charge is -2.10. The average molecular weight is 367 g/mol. The predicted molar refractivity (Wildman–Crippen MR) is 95.8 cm³/mol. The Morgan fingerprint density at radius 3 is 2.33 bits per heavy atom. The van der Waals surface area contributed by atoms with Gasteiger partial charge in [0.25, 0.3) is 11.8 Å². The van der Waals surface area contributed by atoms with Crippen molar-refractivity contribution in [3.63, 3.8) is 0 Å². The summed E-state index contributed by atoms with van der Waals surface area (Å²) in [6.07, 6.45) is 1.47. The molecule has 0 aliphatic heterocycles. The van der Waals surface area contributed by atoms with Crippen LogP contribution in [0.4, 0.5) is 0 Å². The van der Waals surface area contributed by atoms with Crippen LogP contribution in [-0.4, -0.2) is 41.0 Å². The Morgan fingerprint density at radius 2 is 1.63 bits per heavy atom. The lowest BCUT2D eigenvalue weighted by molar-refractivity contribution is 0.0843. The molecule has 0 radical (unpaired) electrons. The number of carbonyl (C=O) groups is 2. The SMILES string of the molecule is COc1ccc(C(=O)NNC(=O)c2cn(-c3ccccc3)nn2)cc1OC. The minimum atomic E-state index is -0.592. The molecule has 0 bridgehead atoms. The van der Waals surface area contributed by atoms with Gasteiger partial charge in [-0.1, -0.05) is 23.4 Å². The first-order valence-corrected chi connectivity index (χ1v) is 7.93. The number of rotatable bonds is 5. The number of nitrogens with zero attached hydrogens (tertiary/aromatic N) is 3. The molecule has 9 heteroatoms. The molecule has 1 heterocycles. The van der Waals surface area contributed by atoms with E-state index in [4.69, 9.17) is 9.47 Å². The molecule has 2 aromatic carbocycles. The third-order valence-electron chi connectivity index (χ3n) is 3.68. The van der Waals surface area contributed by atoms with E-state index in [9.17, 15) is 9.59 Å². The third-order valence-corrected chi connectivity index (χ3v) is 3.68. The highest BCUT2D eigenvalue weighted by atomic mass is 16.5. The molecule has 0 spiro atoms. The number of hydrogen-bond donors (Lipinski definition) is 2. The molecule has 0 saturated heterocycles. The van der Waals surface area contributed by atoms with Gasteiger partial charge in [-0.05, 0) is 30.3 Å². The highest BCUT2D eigenvalue weighted by Gasteiger charge is 2.14. The number of methoxy groups -OCH3 is 2. The molecule has 0 saturated carbocycles. The van der Waals surface area contributed by atoms with Crippen LogP contribution in [0.2, 0.25) is 0 Å². The van der Waals surface area contributed by atoms with E-state index in [1.54, 1.807) is 12.1 Å². The van der Waals surface area contributed by atoms with E-state index in [1.807, 2.05) is 30.3 Å². The molecule has 1 aromatic heterocycles. The molecule has 9 nitrogen and oxygen atoms in total. The second-order valence-electron chi connectivity index (χ2n) is 5.36. The Labute approximate surface area is 154 Å². The summed E-state index contributed by atoms with van der Waals surface area (Å²) in [5, 5.41) is 7.70. The maximum atomic E-state index is 12.2. The van der Waals surface area contributed by atoms with Gasteiger partial charge in [0, 0.05) is 5.56 Å². The minimum absolute atomic E-state index is 0.0615. The van der Waals surface area contributed by atoms with Crippen LogP contribution in [0.3, 0.4) is 0 Å². The summed E-state index contributed by atoms with van der Waals surface area (Å²) < 4.78 is 11.7. The quantitative estimate of drug-likeness (QED) is 0.660. The maximum Gasteiger partial charge on any atom is 0.291 e. The Hall–Kier alpha value is -3.88. The summed E-state index contributed by atoms with van der Waals surface area (Å²) in [7, 11) is 2.97. The van der Waals surface area contributed by atoms with Crippen molar-refractivity contribution >= 4 is 11.8 Å². The van der Waals surface area contributed by atoms with Crippen molar-refractivity contribution in [3.8, 4) is 17.2 Å². The highest BCUT2D eigenvalue weighted by Crippen LogP contribution is 2.27. The van der Waals surface area contributed by atoms with E-state index in [1.165, 1.54) is 31.2 Å². The number of para-hydroxylation sites is 1. The zero-order chi connectivity index (χ0) is 19.2. The van der Waals surface area contributed by atoms with Crippen molar-refractivity contribution in [2.75, 3.05) is 14.2 Å². The number of carbonyl (C=O) groups excluding carboxylic acids is 2. The molecule has 0 atom stereocenters. The van der Waals surface area contributed by atoms with Crippen molar-refractivity contribution in [2.45, 2.75) is 0 Å². The smallest absolute Gasteiger partial charge is 0.291 e. The zero-order valence-electron chi connectivity index (χ0n) is 14.7. The van der Waals surface area contributed by atoms with Crippen molar-refractivity contribution in [1.82, 2.24) is 25.8 Å². The van der Waals surface area contributed by atoms with E-state index in [2.05, 4.69) is 21.2 Å². The van der Waals surface area contributed by atoms with Crippen molar-refractivity contribution in [2.24, 2.45) is 0 Å². The molecule has 27 heavy (non-hydrogen) atoms. The van der Waals surface area contributed by atoms with Crippen molar-refractivity contribution < 1.29 is 19.1 Å². The van der Waals surface area contributed by atoms with E-state index < -0.39 is 11.8 Å². The largest absolute Gasteiger partial charge is 0.493 e. The van der Waals surface area contributed by atoms with Crippen LogP contribution in [0.25, 0.3) is 5.69 Å². The summed E-state index contributed by atoms with van der Waals surface area (Å²) in [4.78, 5) is 24.4. The molecule has 2 amide bonds. The second kappa shape index (κ2) is 8.00. The number of nitrogens with one attached hydrogen (secondary N) is 2. The van der Waals surface area contributed by atoms with Gasteiger partial charge in [-0.15, -0.1) is 5.10 Å². The molecule has 0 fully saturated rings. The molecule has 0 unspecified atom stereocenters. The lowest BCUT2D eigenvalue weighted by Crippen LogP contribution is -2.41. The van der Waals surface area contributed by atoms with E-state index >= 15 is 0 Å². The fourth-order valence-electron chi connectivity index (χ4n) is 2.30. The zero-order valence-corrected chi connectivity index (χ0v) is 14.7. The van der Waals surface area contributed by atoms with Crippen LogP contribution in [0.5, 0.6) is 11.5 Å². The Morgan fingerprint density at radius 1 is 0.926 bits per heavy atom. The number of hydrazine groups is 1. The van der Waals surface area contributed by atoms with Gasteiger partial charge in [0.15, 0.2) is 17.2 Å². The van der Waals surface area contributed by atoms with Gasteiger partial charge in [0.05, 0.1) is 26.1 Å². The summed E-state index contributed by atoms with van der Waals surface area (Å²) in [6, 6.07) is 13.9. The molecular formula is C18H17N5O4. The molecule has 0 aliphatic rings. The summed E-state index contributed by atoms with van der Waals surface area (Å²) in [5.74, 6) is -0.205. The monoisotopic (exact) mass is 367 g/mol. The minimum Gasteiger partial charge on any atom is -0.493 e. The van der Waals surface area contributed by atoms with Crippen molar-refractivity contribution in [3.05, 3.63) is 66.0 Å². The fourth-order valence-corrected chi connectivity index (χ4v) is 2.30. The molecule has 3 aromatic rings. The first kappa shape index (κ1) is 17.9. The van der Waals surface area contributed by atoms with Crippen LogP contribution >= 0.6 is 0 Å². The topological polar surface area (TPSA) is 107 Å². The van der Waals surface area contributed by atoms with E-state index in [-0.39, 0.29) is 5.69 Å². The molecule has 138 valence electrons. The van der Waals surface area contributed by atoms with Gasteiger partial charge >= 0.3 is 0 Å². The van der Waals surface area contributed by atoms with Crippen LogP contribution < -0.4 is 20.3 Å². The van der Waals surface area contributed by atoms with Gasteiger partial charge in [-0.3, -0.25) is 20.4 Å². The Balaban J connectivity index is 1.64. The van der Waals surface area contributed by atoms with Gasteiger partial charge in [0.2, 0.25) is 0 Å². The first-order chi connectivity index (χ1) is 13.1. The Bertz CT molecular complexity index is 955. The van der Waals surface area contributed by atoms with Gasteiger partial charge in [-0.2, -0.15) is 0 Å². The van der Waals surface area contributed by atoms with Gasteiger partial charge in [-0.25, -0.2) is 4.68 Å². The summed E-state index contributed by atoms with van der Waals surface area (Å²) >= 11 is 0. The molecule has 2 N–H and O–H groups in total. The normalized spacial score (nSPS) is 10.1. The van der Waals surface area contributed by atoms with Crippen LogP contribution in [0, 0.1) is 0 Å². The average Bonchev–Trinajstić information content (AvgIpc) is 3.22. The third kappa shape index (κ3) is 4.03. The van der Waals surface area contributed by atoms with E-state index in [0.717, 1.165) is 5.69 Å². The first-order valence-electron chi connectivity index (χ1n) is 7.93. The Kier molecular flexibility index (Phi) is 5.31. The number of hydrogen-bond acceptors (Lipinski definition) is 6.